The van der Waals surface area contributed by atoms with E-state index in [1.54, 1.807) is 6.07 Å². The zero-order valence-electron chi connectivity index (χ0n) is 22.9. The van der Waals surface area contributed by atoms with Crippen molar-refractivity contribution in [1.29, 1.82) is 10.5 Å². The minimum atomic E-state index is -0.246. The van der Waals surface area contributed by atoms with E-state index in [2.05, 4.69) is 49.4 Å². The molecular weight excluding hydrogens is 475 g/mol. The number of nitrogens with zero attached hydrogens (tertiary/aromatic N) is 6. The Morgan fingerprint density at radius 1 is 1.11 bits per heavy atom. The maximum atomic E-state index is 13.6. The Hall–Kier alpha value is -3.97. The fourth-order valence-electron chi connectivity index (χ4n) is 5.31. The lowest BCUT2D eigenvalue weighted by Gasteiger charge is -2.40. The average Bonchev–Trinajstić information content (AvgIpc) is 2.90. The molecule has 1 saturated carbocycles. The van der Waals surface area contributed by atoms with Crippen LogP contribution < -0.4 is 4.90 Å². The fraction of sp³-hybridized carbons (Fsp3) is 0.419. The lowest BCUT2D eigenvalue weighted by Crippen LogP contribution is -2.38. The predicted molar refractivity (Wildman–Crippen MR) is 150 cm³/mol. The van der Waals surface area contributed by atoms with Crippen LogP contribution in [0.25, 0.3) is 5.70 Å². The second-order valence-corrected chi connectivity index (χ2v) is 11.4. The van der Waals surface area contributed by atoms with Crippen molar-refractivity contribution in [3.05, 3.63) is 77.0 Å². The number of halogens is 1. The number of anilines is 1. The van der Waals surface area contributed by atoms with Crippen molar-refractivity contribution < 1.29 is 4.39 Å². The molecule has 2 aromatic rings. The van der Waals surface area contributed by atoms with Gasteiger partial charge in [0.25, 0.3) is 0 Å². The van der Waals surface area contributed by atoms with Crippen LogP contribution >= 0.6 is 0 Å². The van der Waals surface area contributed by atoms with Gasteiger partial charge in [0, 0.05) is 38.3 Å². The third kappa shape index (κ3) is 5.48. The van der Waals surface area contributed by atoms with Crippen molar-refractivity contribution in [3.8, 4) is 12.1 Å². The lowest BCUT2D eigenvalue weighted by molar-refractivity contribution is 0.246. The average molecular weight is 511 g/mol. The monoisotopic (exact) mass is 510 g/mol. The first-order chi connectivity index (χ1) is 18.0. The number of nitriles is 2. The summed E-state index contributed by atoms with van der Waals surface area (Å²) in [7, 11) is 3.87. The zero-order valence-corrected chi connectivity index (χ0v) is 22.9. The Bertz CT molecular complexity index is 1360. The molecule has 2 aliphatic rings. The Balaban J connectivity index is 1.61. The molecule has 0 N–H and O–H groups in total. The van der Waals surface area contributed by atoms with Crippen molar-refractivity contribution >= 4 is 17.1 Å². The summed E-state index contributed by atoms with van der Waals surface area (Å²) >= 11 is 0. The third-order valence-corrected chi connectivity index (χ3v) is 7.46. The van der Waals surface area contributed by atoms with E-state index in [1.165, 1.54) is 12.1 Å². The zero-order chi connectivity index (χ0) is 27.6. The van der Waals surface area contributed by atoms with Crippen LogP contribution in [-0.4, -0.2) is 42.3 Å². The highest BCUT2D eigenvalue weighted by atomic mass is 19.1. The van der Waals surface area contributed by atoms with E-state index >= 15 is 0 Å². The standard InChI is InChI=1S/C31H35FN6/c1-20-26(18-34)30(29-27(37(20)5)16-13-24(17-33)36-29)38(6)25-14-9-22(10-15-25)28(35-19-31(2,3)4)21-7-11-23(32)12-8-21/h7-8,11-13,16,22,25H,1,9-10,14-15,19H2,2-6H3. The number of pyridine rings is 1. The van der Waals surface area contributed by atoms with Gasteiger partial charge in [0.15, 0.2) is 0 Å². The number of aliphatic imine (C=N–C) groups is 1. The third-order valence-electron chi connectivity index (χ3n) is 7.46. The van der Waals surface area contributed by atoms with Crippen LogP contribution in [0.3, 0.4) is 0 Å². The first-order valence-corrected chi connectivity index (χ1v) is 13.1. The molecule has 0 atom stereocenters. The molecule has 0 spiro atoms. The second-order valence-electron chi connectivity index (χ2n) is 11.4. The van der Waals surface area contributed by atoms with E-state index in [9.17, 15) is 14.9 Å². The summed E-state index contributed by atoms with van der Waals surface area (Å²) in [6.07, 6.45) is 3.69. The van der Waals surface area contributed by atoms with Crippen molar-refractivity contribution in [2.45, 2.75) is 52.5 Å². The number of benzene rings is 1. The van der Waals surface area contributed by atoms with Gasteiger partial charge in [0.2, 0.25) is 0 Å². The van der Waals surface area contributed by atoms with Gasteiger partial charge in [-0.25, -0.2) is 9.37 Å². The van der Waals surface area contributed by atoms with Gasteiger partial charge in [-0.3, -0.25) is 4.99 Å². The molecule has 0 unspecified atom stereocenters. The van der Waals surface area contributed by atoms with E-state index in [4.69, 9.17) is 4.99 Å². The van der Waals surface area contributed by atoms with Gasteiger partial charge in [0.05, 0.1) is 17.1 Å². The molecule has 2 heterocycles. The van der Waals surface area contributed by atoms with Crippen LogP contribution in [0, 0.1) is 39.8 Å². The van der Waals surface area contributed by atoms with Crippen molar-refractivity contribution in [1.82, 2.24) is 9.88 Å². The summed E-state index contributed by atoms with van der Waals surface area (Å²) in [4.78, 5) is 13.7. The molecule has 1 aliphatic carbocycles. The Morgan fingerprint density at radius 2 is 1.76 bits per heavy atom. The summed E-state index contributed by atoms with van der Waals surface area (Å²) in [6, 6.07) is 14.9. The van der Waals surface area contributed by atoms with Gasteiger partial charge in [-0.1, -0.05) is 39.5 Å². The molecule has 4 rings (SSSR count). The smallest absolute Gasteiger partial charge is 0.141 e. The summed E-state index contributed by atoms with van der Waals surface area (Å²) in [6.45, 7) is 11.4. The Kier molecular flexibility index (Phi) is 7.69. The van der Waals surface area contributed by atoms with E-state index in [1.807, 2.05) is 37.2 Å². The summed E-state index contributed by atoms with van der Waals surface area (Å²) in [5.74, 6) is 0.0314. The van der Waals surface area contributed by atoms with Crippen molar-refractivity contribution in [2.75, 3.05) is 25.5 Å². The molecule has 0 radical (unpaired) electrons. The number of hydrogen-bond acceptors (Lipinski definition) is 6. The molecular formula is C31H35FN6. The van der Waals surface area contributed by atoms with E-state index < -0.39 is 0 Å². The molecule has 0 amide bonds. The molecule has 1 fully saturated rings. The number of allylic oxidation sites excluding steroid dienone is 1. The lowest BCUT2D eigenvalue weighted by atomic mass is 9.80. The summed E-state index contributed by atoms with van der Waals surface area (Å²) < 4.78 is 13.6. The highest BCUT2D eigenvalue weighted by Gasteiger charge is 2.34. The SMILES string of the molecule is C=C1C(C#N)=C(N(C)C2CCC(C(=NCC(C)(C)C)c3ccc(F)cc3)CC2)c2nc(C#N)ccc2N1C. The van der Waals surface area contributed by atoms with Gasteiger partial charge < -0.3 is 9.80 Å². The highest BCUT2D eigenvalue weighted by molar-refractivity contribution is 6.02. The van der Waals surface area contributed by atoms with Gasteiger partial charge in [-0.15, -0.1) is 0 Å². The molecule has 0 bridgehead atoms. The number of likely N-dealkylation sites (N-methyl/N-ethyl adjacent to an activating group) is 1. The van der Waals surface area contributed by atoms with Crippen molar-refractivity contribution in [2.24, 2.45) is 16.3 Å². The van der Waals surface area contributed by atoms with Crippen LogP contribution in [0.2, 0.25) is 0 Å². The van der Waals surface area contributed by atoms with Gasteiger partial charge in [0.1, 0.15) is 34.9 Å². The normalized spacial score (nSPS) is 20.1. The van der Waals surface area contributed by atoms with Crippen LogP contribution in [0.4, 0.5) is 10.1 Å². The molecule has 1 aromatic carbocycles. The van der Waals surface area contributed by atoms with Gasteiger partial charge in [-0.05, 0) is 60.9 Å². The molecule has 6 nitrogen and oxygen atoms in total. The van der Waals surface area contributed by atoms with Gasteiger partial charge >= 0.3 is 0 Å². The Morgan fingerprint density at radius 3 is 2.34 bits per heavy atom. The quantitative estimate of drug-likeness (QED) is 0.440. The van der Waals surface area contributed by atoms with E-state index in [-0.39, 0.29) is 23.2 Å². The molecule has 7 heteroatoms. The minimum Gasteiger partial charge on any atom is -0.369 e. The molecule has 1 aliphatic heterocycles. The number of hydrogen-bond donors (Lipinski definition) is 0. The molecule has 0 saturated heterocycles. The van der Waals surface area contributed by atoms with Crippen LogP contribution in [0.15, 0.2) is 59.2 Å². The van der Waals surface area contributed by atoms with E-state index in [0.29, 0.717) is 29.2 Å². The highest BCUT2D eigenvalue weighted by Crippen LogP contribution is 2.41. The first kappa shape index (κ1) is 27.1. The Labute approximate surface area is 225 Å². The minimum absolute atomic E-state index is 0.0576. The van der Waals surface area contributed by atoms with Crippen LogP contribution in [0.1, 0.15) is 63.4 Å². The predicted octanol–water partition coefficient (Wildman–Crippen LogP) is 6.32. The number of fused-ring (bicyclic) bond motifs is 1. The maximum Gasteiger partial charge on any atom is 0.141 e. The van der Waals surface area contributed by atoms with E-state index in [0.717, 1.165) is 48.3 Å². The fourth-order valence-corrected chi connectivity index (χ4v) is 5.31. The summed E-state index contributed by atoms with van der Waals surface area (Å²) in [5, 5.41) is 19.5. The van der Waals surface area contributed by atoms with Crippen LogP contribution in [-0.2, 0) is 0 Å². The number of aromatic nitrogens is 1. The topological polar surface area (TPSA) is 79.3 Å². The maximum absolute atomic E-state index is 13.6. The molecule has 196 valence electrons. The molecule has 1 aromatic heterocycles. The number of rotatable bonds is 5. The molecule has 38 heavy (non-hydrogen) atoms. The van der Waals surface area contributed by atoms with Crippen LogP contribution in [0.5, 0.6) is 0 Å². The second kappa shape index (κ2) is 10.8. The first-order valence-electron chi connectivity index (χ1n) is 13.1. The largest absolute Gasteiger partial charge is 0.369 e. The van der Waals surface area contributed by atoms with Crippen molar-refractivity contribution in [3.63, 3.8) is 0 Å². The van der Waals surface area contributed by atoms with Gasteiger partial charge in [-0.2, -0.15) is 10.5 Å². The summed E-state index contributed by atoms with van der Waals surface area (Å²) in [5.41, 5.74) is 5.70.